The number of pyridine rings is 1. The first-order valence-corrected chi connectivity index (χ1v) is 7.20. The summed E-state index contributed by atoms with van der Waals surface area (Å²) < 4.78 is 1.44. The van der Waals surface area contributed by atoms with Crippen molar-refractivity contribution in [3.05, 3.63) is 63.4 Å². The Morgan fingerprint density at radius 2 is 1.91 bits per heavy atom. The van der Waals surface area contributed by atoms with E-state index in [-0.39, 0.29) is 28.3 Å². The predicted molar refractivity (Wildman–Crippen MR) is 91.2 cm³/mol. The molecule has 1 aromatic heterocycles. The normalized spacial score (nSPS) is 11.4. The van der Waals surface area contributed by atoms with E-state index in [2.05, 4.69) is 4.99 Å². The number of phenols is 1. The molecule has 1 heterocycles. The van der Waals surface area contributed by atoms with Gasteiger partial charge in [-0.1, -0.05) is 23.7 Å². The fraction of sp³-hybridized carbons (Fsp3) is 0.0588. The van der Waals surface area contributed by atoms with E-state index in [9.17, 15) is 15.0 Å². The number of para-hydroxylation sites is 1. The molecule has 0 aliphatic heterocycles. The molecule has 0 spiro atoms. The molecular weight excluding hydrogens is 316 g/mol. The number of hydrogen-bond donors (Lipinski definition) is 2. The molecule has 2 aromatic carbocycles. The van der Waals surface area contributed by atoms with Crippen LogP contribution in [0.5, 0.6) is 11.5 Å². The molecule has 0 unspecified atom stereocenters. The highest BCUT2D eigenvalue weighted by Crippen LogP contribution is 2.30. The van der Waals surface area contributed by atoms with Crippen LogP contribution in [0.1, 0.15) is 5.56 Å². The first-order valence-electron chi connectivity index (χ1n) is 6.82. The summed E-state index contributed by atoms with van der Waals surface area (Å²) in [6.07, 6.45) is 1.23. The van der Waals surface area contributed by atoms with Crippen molar-refractivity contribution in [2.75, 3.05) is 0 Å². The standard InChI is InChI=1S/C17H13ClN2O3/c1-20-14-5-3-2-4-11(14)16(22)12(17(20)23)9-19-13-8-10(18)6-7-15(13)21/h2-9,21-22H,1H3. The Balaban J connectivity index is 2.19. The van der Waals surface area contributed by atoms with Crippen LogP contribution in [-0.2, 0) is 7.05 Å². The van der Waals surface area contributed by atoms with Gasteiger partial charge in [0, 0.05) is 23.7 Å². The van der Waals surface area contributed by atoms with Crippen LogP contribution in [0.25, 0.3) is 10.9 Å². The second-order valence-electron chi connectivity index (χ2n) is 5.03. The van der Waals surface area contributed by atoms with Gasteiger partial charge in [-0.3, -0.25) is 9.79 Å². The molecular formula is C17H13ClN2O3. The Morgan fingerprint density at radius 3 is 2.70 bits per heavy atom. The van der Waals surface area contributed by atoms with E-state index in [1.54, 1.807) is 31.3 Å². The number of hydrogen-bond acceptors (Lipinski definition) is 4. The number of rotatable bonds is 2. The van der Waals surface area contributed by atoms with Gasteiger partial charge in [0.05, 0.1) is 5.52 Å². The highest BCUT2D eigenvalue weighted by atomic mass is 35.5. The Hall–Kier alpha value is -2.79. The van der Waals surface area contributed by atoms with Crippen molar-refractivity contribution in [1.29, 1.82) is 0 Å². The van der Waals surface area contributed by atoms with E-state index in [0.29, 0.717) is 15.9 Å². The lowest BCUT2D eigenvalue weighted by molar-refractivity contribution is 0.476. The van der Waals surface area contributed by atoms with Crippen LogP contribution in [0.4, 0.5) is 5.69 Å². The van der Waals surface area contributed by atoms with Crippen molar-refractivity contribution in [1.82, 2.24) is 4.57 Å². The third-order valence-electron chi connectivity index (χ3n) is 3.58. The van der Waals surface area contributed by atoms with Crippen molar-refractivity contribution in [2.24, 2.45) is 12.0 Å². The molecule has 0 amide bonds. The molecule has 2 N–H and O–H groups in total. The van der Waals surface area contributed by atoms with Crippen molar-refractivity contribution >= 4 is 34.4 Å². The zero-order valence-corrected chi connectivity index (χ0v) is 12.9. The lowest BCUT2D eigenvalue weighted by Crippen LogP contribution is -2.21. The summed E-state index contributed by atoms with van der Waals surface area (Å²) >= 11 is 5.86. The smallest absolute Gasteiger partial charge is 0.263 e. The van der Waals surface area contributed by atoms with Crippen LogP contribution in [0.15, 0.2) is 52.3 Å². The third-order valence-corrected chi connectivity index (χ3v) is 3.82. The van der Waals surface area contributed by atoms with E-state index in [4.69, 9.17) is 11.6 Å². The maximum Gasteiger partial charge on any atom is 0.263 e. The number of nitrogens with zero attached hydrogens (tertiary/aromatic N) is 2. The van der Waals surface area contributed by atoms with Crippen molar-refractivity contribution < 1.29 is 10.2 Å². The van der Waals surface area contributed by atoms with Crippen LogP contribution in [-0.4, -0.2) is 21.0 Å². The number of aliphatic imine (C=N–C) groups is 1. The van der Waals surface area contributed by atoms with Gasteiger partial charge >= 0.3 is 0 Å². The van der Waals surface area contributed by atoms with Gasteiger partial charge in [-0.2, -0.15) is 0 Å². The second-order valence-corrected chi connectivity index (χ2v) is 5.47. The first-order chi connectivity index (χ1) is 11.0. The molecule has 0 bridgehead atoms. The minimum absolute atomic E-state index is 0.0468. The number of fused-ring (bicyclic) bond motifs is 1. The molecule has 116 valence electrons. The minimum Gasteiger partial charge on any atom is -0.506 e. The maximum absolute atomic E-state index is 12.4. The van der Waals surface area contributed by atoms with Crippen LogP contribution in [0, 0.1) is 0 Å². The summed E-state index contributed by atoms with van der Waals surface area (Å²) in [5.74, 6) is -0.211. The molecule has 3 aromatic rings. The molecule has 6 heteroatoms. The quantitative estimate of drug-likeness (QED) is 0.708. The number of benzene rings is 2. The molecule has 0 radical (unpaired) electrons. The average molecular weight is 329 g/mol. The highest BCUT2D eigenvalue weighted by molar-refractivity contribution is 6.30. The first kappa shape index (κ1) is 15.1. The van der Waals surface area contributed by atoms with Gasteiger partial charge in [0.2, 0.25) is 0 Å². The molecule has 0 fully saturated rings. The van der Waals surface area contributed by atoms with Gasteiger partial charge in [0.25, 0.3) is 5.56 Å². The van der Waals surface area contributed by atoms with Crippen LogP contribution < -0.4 is 5.56 Å². The average Bonchev–Trinajstić information content (AvgIpc) is 2.56. The zero-order chi connectivity index (χ0) is 16.6. The minimum atomic E-state index is -0.383. The zero-order valence-electron chi connectivity index (χ0n) is 12.2. The molecule has 0 aliphatic carbocycles. The summed E-state index contributed by atoms with van der Waals surface area (Å²) in [4.78, 5) is 16.5. The molecule has 0 aliphatic rings. The van der Waals surface area contributed by atoms with Crippen LogP contribution in [0.2, 0.25) is 5.02 Å². The highest BCUT2D eigenvalue weighted by Gasteiger charge is 2.12. The second kappa shape index (κ2) is 5.78. The SMILES string of the molecule is Cn1c(=O)c(C=Nc2cc(Cl)ccc2O)c(O)c2ccccc21. The topological polar surface area (TPSA) is 74.8 Å². The van der Waals surface area contributed by atoms with Gasteiger partial charge in [-0.05, 0) is 30.3 Å². The maximum atomic E-state index is 12.4. The lowest BCUT2D eigenvalue weighted by atomic mass is 10.1. The number of aryl methyl sites for hydroxylation is 1. The predicted octanol–water partition coefficient (Wildman–Crippen LogP) is 3.35. The molecule has 23 heavy (non-hydrogen) atoms. The summed E-state index contributed by atoms with van der Waals surface area (Å²) in [7, 11) is 1.62. The van der Waals surface area contributed by atoms with Gasteiger partial charge < -0.3 is 14.8 Å². The number of phenolic OH excluding ortho intramolecular Hbond substituents is 1. The fourth-order valence-electron chi connectivity index (χ4n) is 2.35. The monoisotopic (exact) mass is 328 g/mol. The van der Waals surface area contributed by atoms with Gasteiger partial charge in [0.15, 0.2) is 0 Å². The Kier molecular flexibility index (Phi) is 3.80. The van der Waals surface area contributed by atoms with Gasteiger partial charge in [-0.15, -0.1) is 0 Å². The van der Waals surface area contributed by atoms with Crippen LogP contribution >= 0.6 is 11.6 Å². The van der Waals surface area contributed by atoms with E-state index < -0.39 is 0 Å². The number of aromatic hydroxyl groups is 2. The molecule has 5 nitrogen and oxygen atoms in total. The summed E-state index contributed by atoms with van der Waals surface area (Å²) in [6, 6.07) is 11.4. The Morgan fingerprint density at radius 1 is 1.17 bits per heavy atom. The third kappa shape index (κ3) is 2.66. The summed E-state index contributed by atoms with van der Waals surface area (Å²) in [5.41, 5.74) is 0.502. The van der Waals surface area contributed by atoms with Crippen molar-refractivity contribution in [2.45, 2.75) is 0 Å². The van der Waals surface area contributed by atoms with Crippen molar-refractivity contribution in [3.63, 3.8) is 0 Å². The van der Waals surface area contributed by atoms with Gasteiger partial charge in [0.1, 0.15) is 22.7 Å². The molecule has 0 saturated carbocycles. The van der Waals surface area contributed by atoms with E-state index >= 15 is 0 Å². The Bertz CT molecular complexity index is 993. The summed E-state index contributed by atoms with van der Waals surface area (Å²) in [5, 5.41) is 21.1. The number of halogens is 1. The van der Waals surface area contributed by atoms with Crippen LogP contribution in [0.3, 0.4) is 0 Å². The largest absolute Gasteiger partial charge is 0.506 e. The summed E-state index contributed by atoms with van der Waals surface area (Å²) in [6.45, 7) is 0. The van der Waals surface area contributed by atoms with E-state index in [1.807, 2.05) is 0 Å². The fourth-order valence-corrected chi connectivity index (χ4v) is 2.52. The van der Waals surface area contributed by atoms with Crippen molar-refractivity contribution in [3.8, 4) is 11.5 Å². The number of aromatic nitrogens is 1. The van der Waals surface area contributed by atoms with E-state index in [1.165, 1.54) is 29.0 Å². The van der Waals surface area contributed by atoms with E-state index in [0.717, 1.165) is 0 Å². The molecule has 0 saturated heterocycles. The molecule has 0 atom stereocenters. The lowest BCUT2D eigenvalue weighted by Gasteiger charge is -2.09. The van der Waals surface area contributed by atoms with Gasteiger partial charge in [-0.25, -0.2) is 0 Å². The Labute approximate surface area is 136 Å². The molecule has 3 rings (SSSR count).